The molecule has 1 aromatic rings. The van der Waals surface area contributed by atoms with Gasteiger partial charge in [0.25, 0.3) is 5.91 Å². The van der Waals surface area contributed by atoms with Crippen LogP contribution < -0.4 is 0 Å². The lowest BCUT2D eigenvalue weighted by molar-refractivity contribution is -0.132. The van der Waals surface area contributed by atoms with Crippen LogP contribution in [0.1, 0.15) is 5.56 Å². The number of nitrogens with zero attached hydrogens (tertiary/aromatic N) is 1. The van der Waals surface area contributed by atoms with E-state index in [1.54, 1.807) is 0 Å². The number of carbonyl (C=O) groups is 1. The Labute approximate surface area is 93.8 Å². The maximum absolute atomic E-state index is 11.6. The van der Waals surface area contributed by atoms with Crippen molar-refractivity contribution in [2.24, 2.45) is 0 Å². The molecule has 0 fully saturated rings. The fourth-order valence-electron chi connectivity index (χ4n) is 1.66. The van der Waals surface area contributed by atoms with E-state index in [1.807, 2.05) is 30.3 Å². The van der Waals surface area contributed by atoms with Crippen LogP contribution in [0, 0.1) is 0 Å². The number of carbonyl (C=O) groups excluding carboxylic acids is 1. The van der Waals surface area contributed by atoms with E-state index in [9.17, 15) is 9.90 Å². The Kier molecular flexibility index (Phi) is 2.92. The average Bonchev–Trinajstić information content (AvgIpc) is 2.58. The van der Waals surface area contributed by atoms with Gasteiger partial charge in [0.15, 0.2) is 12.0 Å². The lowest BCUT2D eigenvalue weighted by Crippen LogP contribution is -2.34. The average molecular weight is 219 g/mol. The third-order valence-corrected chi connectivity index (χ3v) is 2.53. The molecule has 4 nitrogen and oxygen atoms in total. The first-order chi connectivity index (χ1) is 7.72. The van der Waals surface area contributed by atoms with Crippen molar-refractivity contribution in [2.45, 2.75) is 12.8 Å². The summed E-state index contributed by atoms with van der Waals surface area (Å²) in [6, 6.07) is 9.51. The highest BCUT2D eigenvalue weighted by Gasteiger charge is 2.31. The summed E-state index contributed by atoms with van der Waals surface area (Å²) in [5, 5.41) is 9.79. The number of methoxy groups -OCH3 is 1. The molecule has 2 rings (SSSR count). The molecule has 0 saturated carbocycles. The van der Waals surface area contributed by atoms with Crippen molar-refractivity contribution in [2.75, 3.05) is 7.11 Å². The number of hydrogen-bond acceptors (Lipinski definition) is 3. The van der Waals surface area contributed by atoms with E-state index in [0.717, 1.165) is 5.56 Å². The minimum Gasteiger partial charge on any atom is -0.496 e. The monoisotopic (exact) mass is 219 g/mol. The molecule has 1 atom stereocenters. The van der Waals surface area contributed by atoms with E-state index in [2.05, 4.69) is 0 Å². The zero-order valence-electron chi connectivity index (χ0n) is 8.96. The lowest BCUT2D eigenvalue weighted by Gasteiger charge is -2.21. The standard InChI is InChI=1S/C12H13NO3/c1-16-10-7-11(14)13(12(10)15)8-9-5-3-2-4-6-9/h2-7,12,15H,8H2,1H3. The molecule has 16 heavy (non-hydrogen) atoms. The second-order valence-electron chi connectivity index (χ2n) is 3.58. The Morgan fingerprint density at radius 3 is 2.62 bits per heavy atom. The normalized spacial score (nSPS) is 19.9. The van der Waals surface area contributed by atoms with Crippen molar-refractivity contribution in [3.8, 4) is 0 Å². The predicted octanol–water partition coefficient (Wildman–Crippen LogP) is 0.877. The summed E-state index contributed by atoms with van der Waals surface area (Å²) in [6.45, 7) is 0.379. The van der Waals surface area contributed by atoms with Gasteiger partial charge in [0.2, 0.25) is 0 Å². The highest BCUT2D eigenvalue weighted by molar-refractivity contribution is 5.91. The lowest BCUT2D eigenvalue weighted by atomic mass is 10.2. The first-order valence-corrected chi connectivity index (χ1v) is 5.00. The molecule has 1 N–H and O–H groups in total. The quantitative estimate of drug-likeness (QED) is 0.821. The van der Waals surface area contributed by atoms with Gasteiger partial charge in [-0.2, -0.15) is 0 Å². The van der Waals surface area contributed by atoms with Crippen LogP contribution in [-0.2, 0) is 16.1 Å². The third-order valence-electron chi connectivity index (χ3n) is 2.53. The van der Waals surface area contributed by atoms with Gasteiger partial charge >= 0.3 is 0 Å². The van der Waals surface area contributed by atoms with Crippen molar-refractivity contribution < 1.29 is 14.6 Å². The van der Waals surface area contributed by atoms with Crippen LogP contribution in [0.25, 0.3) is 0 Å². The summed E-state index contributed by atoms with van der Waals surface area (Å²) in [6.07, 6.45) is 0.339. The molecule has 0 aromatic heterocycles. The van der Waals surface area contributed by atoms with Crippen molar-refractivity contribution in [1.29, 1.82) is 0 Å². The Bertz CT molecular complexity index is 414. The molecule has 1 unspecified atom stereocenters. The van der Waals surface area contributed by atoms with Crippen LogP contribution in [0.15, 0.2) is 42.2 Å². The molecule has 0 radical (unpaired) electrons. The topological polar surface area (TPSA) is 49.8 Å². The summed E-state index contributed by atoms with van der Waals surface area (Å²) in [4.78, 5) is 12.9. The minimum absolute atomic E-state index is 0.229. The molecule has 1 aliphatic heterocycles. The fourth-order valence-corrected chi connectivity index (χ4v) is 1.66. The summed E-state index contributed by atoms with van der Waals surface area (Å²) in [7, 11) is 1.44. The minimum atomic E-state index is -0.974. The van der Waals surface area contributed by atoms with Gasteiger partial charge in [-0.05, 0) is 5.56 Å². The second-order valence-corrected chi connectivity index (χ2v) is 3.58. The summed E-state index contributed by atoms with van der Waals surface area (Å²) >= 11 is 0. The van der Waals surface area contributed by atoms with Crippen molar-refractivity contribution in [3.05, 3.63) is 47.7 Å². The van der Waals surface area contributed by atoms with Crippen molar-refractivity contribution in [3.63, 3.8) is 0 Å². The number of hydrogen-bond donors (Lipinski definition) is 1. The highest BCUT2D eigenvalue weighted by atomic mass is 16.5. The molecule has 0 bridgehead atoms. The van der Waals surface area contributed by atoms with Crippen molar-refractivity contribution >= 4 is 5.91 Å². The Morgan fingerprint density at radius 2 is 2.06 bits per heavy atom. The van der Waals surface area contributed by atoms with Gasteiger partial charge in [-0.1, -0.05) is 30.3 Å². The largest absolute Gasteiger partial charge is 0.496 e. The van der Waals surface area contributed by atoms with E-state index >= 15 is 0 Å². The number of rotatable bonds is 3. The summed E-state index contributed by atoms with van der Waals surface area (Å²) < 4.78 is 4.91. The van der Waals surface area contributed by atoms with Gasteiger partial charge in [-0.15, -0.1) is 0 Å². The molecule has 1 heterocycles. The maximum atomic E-state index is 11.6. The third kappa shape index (κ3) is 1.92. The number of amides is 1. The van der Waals surface area contributed by atoms with E-state index in [1.165, 1.54) is 18.1 Å². The number of benzene rings is 1. The zero-order valence-corrected chi connectivity index (χ0v) is 8.96. The van der Waals surface area contributed by atoms with Crippen LogP contribution in [-0.4, -0.2) is 29.3 Å². The second kappa shape index (κ2) is 4.37. The van der Waals surface area contributed by atoms with Gasteiger partial charge in [-0.25, -0.2) is 0 Å². The Morgan fingerprint density at radius 1 is 1.38 bits per heavy atom. The fraction of sp³-hybridized carbons (Fsp3) is 0.250. The smallest absolute Gasteiger partial charge is 0.252 e. The predicted molar refractivity (Wildman–Crippen MR) is 58.1 cm³/mol. The molecule has 1 amide bonds. The van der Waals surface area contributed by atoms with Crippen molar-refractivity contribution in [1.82, 2.24) is 4.90 Å². The molecule has 0 saturated heterocycles. The molecule has 84 valence electrons. The zero-order chi connectivity index (χ0) is 11.5. The van der Waals surface area contributed by atoms with Gasteiger partial charge in [0, 0.05) is 12.6 Å². The van der Waals surface area contributed by atoms with Crippen LogP contribution in [0.3, 0.4) is 0 Å². The van der Waals surface area contributed by atoms with E-state index in [0.29, 0.717) is 12.3 Å². The molecular weight excluding hydrogens is 206 g/mol. The van der Waals surface area contributed by atoms with Crippen LogP contribution in [0.2, 0.25) is 0 Å². The Hall–Kier alpha value is -1.81. The molecule has 0 spiro atoms. The highest BCUT2D eigenvalue weighted by Crippen LogP contribution is 2.20. The molecule has 1 aromatic carbocycles. The summed E-state index contributed by atoms with van der Waals surface area (Å²) in [5.41, 5.74) is 0.973. The van der Waals surface area contributed by atoms with E-state index < -0.39 is 6.23 Å². The number of ether oxygens (including phenoxy) is 1. The first-order valence-electron chi connectivity index (χ1n) is 5.00. The van der Waals surface area contributed by atoms with Gasteiger partial charge in [-0.3, -0.25) is 4.79 Å². The van der Waals surface area contributed by atoms with E-state index in [-0.39, 0.29) is 5.91 Å². The van der Waals surface area contributed by atoms with Gasteiger partial charge in [0.1, 0.15) is 0 Å². The molecule has 1 aliphatic rings. The molecular formula is C12H13NO3. The van der Waals surface area contributed by atoms with Gasteiger partial charge in [0.05, 0.1) is 7.11 Å². The van der Waals surface area contributed by atoms with Crippen LogP contribution in [0.4, 0.5) is 0 Å². The van der Waals surface area contributed by atoms with Crippen LogP contribution >= 0.6 is 0 Å². The van der Waals surface area contributed by atoms with Crippen LogP contribution in [0.5, 0.6) is 0 Å². The number of aliphatic hydroxyl groups is 1. The SMILES string of the molecule is COC1=CC(=O)N(Cc2ccccc2)C1O. The maximum Gasteiger partial charge on any atom is 0.252 e. The first kappa shape index (κ1) is 10.7. The molecule has 4 heteroatoms. The van der Waals surface area contributed by atoms with E-state index in [4.69, 9.17) is 4.74 Å². The van der Waals surface area contributed by atoms with Gasteiger partial charge < -0.3 is 14.7 Å². The Balaban J connectivity index is 2.11. The molecule has 0 aliphatic carbocycles. The summed E-state index contributed by atoms with van der Waals surface area (Å²) in [5.74, 6) is 0.0640. The number of aliphatic hydroxyl groups excluding tert-OH is 1.